The average Bonchev–Trinajstić information content (AvgIpc) is 2.60. The van der Waals surface area contributed by atoms with E-state index < -0.39 is 0 Å². The fourth-order valence-electron chi connectivity index (χ4n) is 2.09. The summed E-state index contributed by atoms with van der Waals surface area (Å²) in [6, 6.07) is 12.4. The van der Waals surface area contributed by atoms with E-state index in [1.807, 2.05) is 13.0 Å². The molecule has 0 aliphatic carbocycles. The second kappa shape index (κ2) is 8.08. The zero-order valence-corrected chi connectivity index (χ0v) is 13.6. The molecule has 0 saturated carbocycles. The highest BCUT2D eigenvalue weighted by molar-refractivity contribution is 6.07. The number of rotatable bonds is 7. The van der Waals surface area contributed by atoms with Gasteiger partial charge in [0.05, 0.1) is 32.1 Å². The molecule has 2 rings (SSSR count). The van der Waals surface area contributed by atoms with E-state index in [0.717, 1.165) is 6.42 Å². The molecule has 23 heavy (non-hydrogen) atoms. The fraction of sp³-hybridized carbons (Fsp3) is 0.278. The van der Waals surface area contributed by atoms with Crippen LogP contribution in [0.25, 0.3) is 0 Å². The number of benzene rings is 2. The Morgan fingerprint density at radius 3 is 2.52 bits per heavy atom. The van der Waals surface area contributed by atoms with Gasteiger partial charge in [-0.15, -0.1) is 0 Å². The summed E-state index contributed by atoms with van der Waals surface area (Å²) in [6.45, 7) is 2.58. The van der Waals surface area contributed by atoms with Crippen LogP contribution in [0.4, 0.5) is 5.69 Å². The molecule has 2 aromatic rings. The van der Waals surface area contributed by atoms with Gasteiger partial charge in [0.1, 0.15) is 17.2 Å². The Morgan fingerprint density at radius 1 is 1.04 bits per heavy atom. The van der Waals surface area contributed by atoms with Gasteiger partial charge in [0.2, 0.25) is 0 Å². The zero-order valence-electron chi connectivity index (χ0n) is 13.6. The lowest BCUT2D eigenvalue weighted by molar-refractivity contribution is 0.102. The topological polar surface area (TPSA) is 56.8 Å². The molecule has 0 unspecified atom stereocenters. The maximum Gasteiger partial charge on any atom is 0.259 e. The number of ether oxygens (including phenoxy) is 3. The Bertz CT molecular complexity index is 670. The molecule has 0 atom stereocenters. The molecule has 0 radical (unpaired) electrons. The highest BCUT2D eigenvalue weighted by Gasteiger charge is 2.15. The number of methoxy groups -OCH3 is 2. The van der Waals surface area contributed by atoms with Crippen molar-refractivity contribution in [1.29, 1.82) is 0 Å². The fourth-order valence-corrected chi connectivity index (χ4v) is 2.09. The van der Waals surface area contributed by atoms with Gasteiger partial charge in [0, 0.05) is 6.07 Å². The summed E-state index contributed by atoms with van der Waals surface area (Å²) >= 11 is 0. The molecular weight excluding hydrogens is 294 g/mol. The van der Waals surface area contributed by atoms with Gasteiger partial charge in [-0.25, -0.2) is 0 Å². The molecule has 2 aromatic carbocycles. The summed E-state index contributed by atoms with van der Waals surface area (Å²) in [4.78, 5) is 12.6. The lowest BCUT2D eigenvalue weighted by Crippen LogP contribution is -2.14. The molecule has 0 saturated heterocycles. The summed E-state index contributed by atoms with van der Waals surface area (Å²) in [7, 11) is 3.12. The quantitative estimate of drug-likeness (QED) is 0.845. The van der Waals surface area contributed by atoms with Crippen LogP contribution in [-0.2, 0) is 0 Å². The van der Waals surface area contributed by atoms with E-state index in [4.69, 9.17) is 14.2 Å². The Hall–Kier alpha value is -2.69. The first-order valence-electron chi connectivity index (χ1n) is 7.44. The normalized spacial score (nSPS) is 10.0. The van der Waals surface area contributed by atoms with Gasteiger partial charge in [-0.2, -0.15) is 0 Å². The second-order valence-electron chi connectivity index (χ2n) is 4.86. The van der Waals surface area contributed by atoms with Crippen molar-refractivity contribution in [3.63, 3.8) is 0 Å². The molecule has 0 aromatic heterocycles. The van der Waals surface area contributed by atoms with Crippen LogP contribution in [0.1, 0.15) is 23.7 Å². The third-order valence-electron chi connectivity index (χ3n) is 3.25. The van der Waals surface area contributed by atoms with Crippen molar-refractivity contribution in [3.8, 4) is 17.2 Å². The largest absolute Gasteiger partial charge is 0.497 e. The Kier molecular flexibility index (Phi) is 5.86. The molecule has 0 heterocycles. The lowest BCUT2D eigenvalue weighted by Gasteiger charge is -2.14. The number of hydrogen-bond acceptors (Lipinski definition) is 4. The minimum Gasteiger partial charge on any atom is -0.497 e. The molecule has 122 valence electrons. The Labute approximate surface area is 136 Å². The molecule has 0 aliphatic heterocycles. The number of carbonyl (C=O) groups is 1. The Balaban J connectivity index is 2.25. The number of para-hydroxylation sites is 1. The molecule has 5 nitrogen and oxygen atoms in total. The van der Waals surface area contributed by atoms with E-state index in [2.05, 4.69) is 5.32 Å². The van der Waals surface area contributed by atoms with Crippen molar-refractivity contribution < 1.29 is 19.0 Å². The maximum absolute atomic E-state index is 12.6. The summed E-state index contributed by atoms with van der Waals surface area (Å²) in [5.41, 5.74) is 1.02. The standard InChI is InChI=1S/C18H21NO4/c1-4-11-23-16-8-6-5-7-14(16)18(20)19-15-12-13(21-2)9-10-17(15)22-3/h5-10,12H,4,11H2,1-3H3,(H,19,20). The van der Waals surface area contributed by atoms with Gasteiger partial charge < -0.3 is 19.5 Å². The molecule has 0 fully saturated rings. The highest BCUT2D eigenvalue weighted by atomic mass is 16.5. The average molecular weight is 315 g/mol. The van der Waals surface area contributed by atoms with E-state index in [1.165, 1.54) is 0 Å². The van der Waals surface area contributed by atoms with Crippen molar-refractivity contribution >= 4 is 11.6 Å². The van der Waals surface area contributed by atoms with Crippen LogP contribution in [0, 0.1) is 0 Å². The highest BCUT2D eigenvalue weighted by Crippen LogP contribution is 2.30. The first-order valence-corrected chi connectivity index (χ1v) is 7.44. The van der Waals surface area contributed by atoms with Crippen LogP contribution in [0.2, 0.25) is 0 Å². The molecule has 1 N–H and O–H groups in total. The van der Waals surface area contributed by atoms with Crippen LogP contribution >= 0.6 is 0 Å². The molecule has 0 aliphatic rings. The van der Waals surface area contributed by atoms with E-state index >= 15 is 0 Å². The summed E-state index contributed by atoms with van der Waals surface area (Å²) in [5, 5.41) is 2.85. The number of carbonyl (C=O) groups excluding carboxylic acids is 1. The van der Waals surface area contributed by atoms with E-state index in [0.29, 0.717) is 35.1 Å². The SMILES string of the molecule is CCCOc1ccccc1C(=O)Nc1cc(OC)ccc1OC. The van der Waals surface area contributed by atoms with Crippen LogP contribution < -0.4 is 19.5 Å². The van der Waals surface area contributed by atoms with Gasteiger partial charge in [-0.3, -0.25) is 4.79 Å². The lowest BCUT2D eigenvalue weighted by atomic mass is 10.1. The molecule has 1 amide bonds. The number of hydrogen-bond donors (Lipinski definition) is 1. The van der Waals surface area contributed by atoms with E-state index in [-0.39, 0.29) is 5.91 Å². The summed E-state index contributed by atoms with van der Waals surface area (Å²) in [5.74, 6) is 1.50. The molecule has 5 heteroatoms. The predicted molar refractivity (Wildman–Crippen MR) is 89.7 cm³/mol. The van der Waals surface area contributed by atoms with Crippen LogP contribution in [-0.4, -0.2) is 26.7 Å². The van der Waals surface area contributed by atoms with Crippen LogP contribution in [0.5, 0.6) is 17.2 Å². The second-order valence-corrected chi connectivity index (χ2v) is 4.86. The third-order valence-corrected chi connectivity index (χ3v) is 3.25. The number of amides is 1. The molecular formula is C18H21NO4. The van der Waals surface area contributed by atoms with Crippen LogP contribution in [0.15, 0.2) is 42.5 Å². The Morgan fingerprint density at radius 2 is 1.83 bits per heavy atom. The third kappa shape index (κ3) is 4.16. The minimum atomic E-state index is -0.261. The van der Waals surface area contributed by atoms with Crippen molar-refractivity contribution in [2.75, 3.05) is 26.1 Å². The van der Waals surface area contributed by atoms with E-state index in [9.17, 15) is 4.79 Å². The van der Waals surface area contributed by atoms with E-state index in [1.54, 1.807) is 50.6 Å². The number of nitrogens with one attached hydrogen (secondary N) is 1. The number of anilines is 1. The smallest absolute Gasteiger partial charge is 0.259 e. The zero-order chi connectivity index (χ0) is 16.7. The molecule has 0 bridgehead atoms. The van der Waals surface area contributed by atoms with Gasteiger partial charge in [0.15, 0.2) is 0 Å². The van der Waals surface area contributed by atoms with Crippen molar-refractivity contribution in [1.82, 2.24) is 0 Å². The minimum absolute atomic E-state index is 0.261. The monoisotopic (exact) mass is 315 g/mol. The van der Waals surface area contributed by atoms with Crippen molar-refractivity contribution in [2.24, 2.45) is 0 Å². The first kappa shape index (κ1) is 16.7. The van der Waals surface area contributed by atoms with Gasteiger partial charge in [-0.1, -0.05) is 19.1 Å². The maximum atomic E-state index is 12.6. The van der Waals surface area contributed by atoms with Gasteiger partial charge in [-0.05, 0) is 30.7 Å². The van der Waals surface area contributed by atoms with Gasteiger partial charge >= 0.3 is 0 Å². The van der Waals surface area contributed by atoms with Crippen molar-refractivity contribution in [2.45, 2.75) is 13.3 Å². The summed E-state index contributed by atoms with van der Waals surface area (Å²) < 4.78 is 16.1. The first-order chi connectivity index (χ1) is 11.2. The summed E-state index contributed by atoms with van der Waals surface area (Å²) in [6.07, 6.45) is 0.875. The predicted octanol–water partition coefficient (Wildman–Crippen LogP) is 3.74. The van der Waals surface area contributed by atoms with Crippen molar-refractivity contribution in [3.05, 3.63) is 48.0 Å². The van der Waals surface area contributed by atoms with Gasteiger partial charge in [0.25, 0.3) is 5.91 Å². The molecule has 0 spiro atoms. The van der Waals surface area contributed by atoms with Crippen LogP contribution in [0.3, 0.4) is 0 Å².